The van der Waals surface area contributed by atoms with Gasteiger partial charge < -0.3 is 86.1 Å². The Labute approximate surface area is 414 Å². The van der Waals surface area contributed by atoms with Crippen LogP contribution in [0.3, 0.4) is 0 Å². The van der Waals surface area contributed by atoms with Gasteiger partial charge in [-0.05, 0) is 71.6 Å². The van der Waals surface area contributed by atoms with Crippen molar-refractivity contribution in [1.82, 2.24) is 31.3 Å². The predicted molar refractivity (Wildman–Crippen MR) is 252 cm³/mol. The van der Waals surface area contributed by atoms with Crippen molar-refractivity contribution in [2.75, 3.05) is 39.4 Å². The van der Waals surface area contributed by atoms with Crippen LogP contribution < -0.4 is 31.4 Å². The van der Waals surface area contributed by atoms with Crippen LogP contribution in [0.2, 0.25) is 0 Å². The standard InChI is InChI=1S/C47H80N6O18/c1-29-40(61)30(2)69-46(41(29)62)67-27-25-50-35(56)18-11-10-17-33(54)48-23-14-12-15-32(52-36(57)19-7-4-5-9-20-39(60)71-53-37(58)21-22-38(53)59)45(66)51-24-13-6-8-16-34(55)49-26-28-68-47-44(65)43(64)42(63)31(3)70-47/h21-22,29-32,40-44,46-47,58-59,61-65H,4-20,23-28H2,1-3H3,(H,48,54)(H,49,55)(H,50,56)(H,51,66)(H,52,57). The van der Waals surface area contributed by atoms with E-state index in [0.29, 0.717) is 94.9 Å². The zero-order chi connectivity index (χ0) is 52.3. The first kappa shape index (κ1) is 60.6. The van der Waals surface area contributed by atoms with Crippen molar-refractivity contribution in [1.29, 1.82) is 0 Å². The first-order valence-electron chi connectivity index (χ1n) is 25.0. The van der Waals surface area contributed by atoms with Crippen molar-refractivity contribution in [3.63, 3.8) is 0 Å². The average molecular weight is 1020 g/mol. The highest BCUT2D eigenvalue weighted by atomic mass is 16.7. The van der Waals surface area contributed by atoms with Crippen LogP contribution in [-0.2, 0) is 47.7 Å². The molecule has 11 atom stereocenters. The molecule has 0 radical (unpaired) electrons. The first-order valence-corrected chi connectivity index (χ1v) is 25.0. The Morgan fingerprint density at radius 1 is 0.535 bits per heavy atom. The first-order chi connectivity index (χ1) is 33.9. The molecule has 0 aliphatic carbocycles. The number of nitrogens with zero attached hydrogens (tertiary/aromatic N) is 1. The molecule has 11 unspecified atom stereocenters. The number of unbranched alkanes of at least 4 members (excludes halogenated alkanes) is 7. The highest BCUT2D eigenvalue weighted by Crippen LogP contribution is 2.26. The van der Waals surface area contributed by atoms with Gasteiger partial charge in [0, 0.05) is 76.3 Å². The summed E-state index contributed by atoms with van der Waals surface area (Å²) < 4.78 is 22.5. The van der Waals surface area contributed by atoms with E-state index in [9.17, 15) is 64.5 Å². The van der Waals surface area contributed by atoms with Crippen LogP contribution in [0.4, 0.5) is 0 Å². The molecular formula is C47H80N6O18. The maximum atomic E-state index is 13.3. The summed E-state index contributed by atoms with van der Waals surface area (Å²) in [5, 5.41) is 83.3. The second-order valence-corrected chi connectivity index (χ2v) is 18.2. The van der Waals surface area contributed by atoms with Crippen molar-refractivity contribution in [3.8, 4) is 11.8 Å². The van der Waals surface area contributed by atoms with Crippen LogP contribution in [0.25, 0.3) is 0 Å². The molecule has 0 spiro atoms. The molecule has 1 aromatic rings. The Morgan fingerprint density at radius 2 is 0.986 bits per heavy atom. The molecule has 1 aromatic heterocycles. The monoisotopic (exact) mass is 1020 g/mol. The normalized spacial score (nSPS) is 24.6. The lowest BCUT2D eigenvalue weighted by Gasteiger charge is -2.39. The van der Waals surface area contributed by atoms with Crippen LogP contribution in [0.1, 0.15) is 130 Å². The third-order valence-corrected chi connectivity index (χ3v) is 12.3. The van der Waals surface area contributed by atoms with Crippen LogP contribution in [0, 0.1) is 5.92 Å². The van der Waals surface area contributed by atoms with Gasteiger partial charge in [-0.3, -0.25) is 24.0 Å². The van der Waals surface area contributed by atoms with E-state index in [2.05, 4.69) is 26.6 Å². The minimum atomic E-state index is -1.44. The van der Waals surface area contributed by atoms with E-state index in [0.717, 1.165) is 0 Å². The second-order valence-electron chi connectivity index (χ2n) is 18.2. The van der Waals surface area contributed by atoms with E-state index >= 15 is 0 Å². The molecule has 2 aliphatic heterocycles. The summed E-state index contributed by atoms with van der Waals surface area (Å²) >= 11 is 0. The van der Waals surface area contributed by atoms with Gasteiger partial charge in [-0.25, -0.2) is 4.79 Å². The Bertz CT molecular complexity index is 1750. The molecule has 12 N–H and O–H groups in total. The molecular weight excluding hydrogens is 937 g/mol. The Kier molecular flexibility index (Phi) is 28.3. The summed E-state index contributed by atoms with van der Waals surface area (Å²) in [6, 6.07) is 1.53. The average Bonchev–Trinajstić information content (AvgIpc) is 3.65. The van der Waals surface area contributed by atoms with Crippen molar-refractivity contribution < 1.29 is 88.3 Å². The van der Waals surface area contributed by atoms with Gasteiger partial charge in [-0.1, -0.05) is 26.2 Å². The highest BCUT2D eigenvalue weighted by Gasteiger charge is 2.42. The van der Waals surface area contributed by atoms with Crippen LogP contribution in [-0.4, -0.2) is 177 Å². The number of aliphatic hydroxyl groups excluding tert-OH is 5. The fraction of sp³-hybridized carbons (Fsp3) is 0.787. The number of rotatable bonds is 34. The van der Waals surface area contributed by atoms with Crippen LogP contribution >= 0.6 is 0 Å². The van der Waals surface area contributed by atoms with Crippen molar-refractivity contribution >= 4 is 35.5 Å². The Balaban J connectivity index is 1.30. The minimum Gasteiger partial charge on any atom is -0.492 e. The lowest BCUT2D eigenvalue weighted by Crippen LogP contribution is -2.57. The number of aromatic hydroxyl groups is 2. The quantitative estimate of drug-likeness (QED) is 0.0384. The molecule has 2 aliphatic rings. The molecule has 24 heteroatoms. The van der Waals surface area contributed by atoms with E-state index in [1.807, 2.05) is 0 Å². The van der Waals surface area contributed by atoms with Gasteiger partial charge in [0.1, 0.15) is 30.5 Å². The number of amides is 5. The highest BCUT2D eigenvalue weighted by molar-refractivity contribution is 5.87. The number of hydrogen-bond acceptors (Lipinski definition) is 18. The zero-order valence-electron chi connectivity index (χ0n) is 41.3. The van der Waals surface area contributed by atoms with Crippen molar-refractivity contribution in [2.45, 2.75) is 191 Å². The van der Waals surface area contributed by atoms with Gasteiger partial charge in [0.2, 0.25) is 41.3 Å². The maximum absolute atomic E-state index is 13.3. The third kappa shape index (κ3) is 22.8. The summed E-state index contributed by atoms with van der Waals surface area (Å²) in [6.45, 7) is 6.08. The number of aromatic nitrogens is 1. The topological polar surface area (TPSA) is 355 Å². The molecule has 406 valence electrons. The molecule has 0 saturated carbocycles. The van der Waals surface area contributed by atoms with Crippen LogP contribution in [0.5, 0.6) is 11.8 Å². The number of hydrogen-bond donors (Lipinski definition) is 12. The van der Waals surface area contributed by atoms with E-state index in [1.165, 1.54) is 12.1 Å². The number of carbonyl (C=O) groups excluding carboxylic acids is 6. The molecule has 5 amide bonds. The smallest absolute Gasteiger partial charge is 0.333 e. The van der Waals surface area contributed by atoms with Crippen molar-refractivity contribution in [3.05, 3.63) is 12.1 Å². The Morgan fingerprint density at radius 3 is 1.56 bits per heavy atom. The van der Waals surface area contributed by atoms with Crippen LogP contribution in [0.15, 0.2) is 12.1 Å². The number of nitrogens with one attached hydrogen (secondary N) is 5. The fourth-order valence-corrected chi connectivity index (χ4v) is 7.82. The lowest BCUT2D eigenvalue weighted by atomic mass is 9.91. The van der Waals surface area contributed by atoms with Crippen molar-refractivity contribution in [2.24, 2.45) is 5.92 Å². The van der Waals surface area contributed by atoms with Gasteiger partial charge in [0.15, 0.2) is 12.6 Å². The molecule has 3 heterocycles. The number of aliphatic hydroxyl groups is 5. The number of carbonyl (C=O) groups is 6. The molecule has 2 saturated heterocycles. The molecule has 0 bridgehead atoms. The summed E-state index contributed by atoms with van der Waals surface area (Å²) in [5.41, 5.74) is 0. The maximum Gasteiger partial charge on any atom is 0.333 e. The number of ether oxygens (including phenoxy) is 4. The van der Waals surface area contributed by atoms with Gasteiger partial charge in [-0.2, -0.15) is 0 Å². The SMILES string of the molecule is CC1OC(OCCNC(=O)CCCCC(=O)NCCCCC(NC(=O)CCCCCCC(=O)On2c(O)ccc2O)C(=O)NCCCCCC(=O)NCCOC2OC(C)C(O)C(O)C2O)C(O)C(C)C1O. The fourth-order valence-electron chi connectivity index (χ4n) is 7.82. The third-order valence-electron chi connectivity index (χ3n) is 12.3. The summed E-state index contributed by atoms with van der Waals surface area (Å²) in [5.74, 6) is -3.17. The van der Waals surface area contributed by atoms with Gasteiger partial charge in [-0.15, -0.1) is 4.73 Å². The molecule has 2 fully saturated rings. The lowest BCUT2D eigenvalue weighted by molar-refractivity contribution is -0.292. The van der Waals surface area contributed by atoms with Gasteiger partial charge in [0.05, 0.1) is 31.5 Å². The predicted octanol–water partition coefficient (Wildman–Crippen LogP) is -0.601. The molecule has 71 heavy (non-hydrogen) atoms. The minimum absolute atomic E-state index is 0.0112. The Hall–Kier alpha value is -4.66. The van der Waals surface area contributed by atoms with E-state index < -0.39 is 85.0 Å². The van der Waals surface area contributed by atoms with Gasteiger partial charge >= 0.3 is 5.97 Å². The summed E-state index contributed by atoms with van der Waals surface area (Å²) in [6.07, 6.45) is -2.03. The summed E-state index contributed by atoms with van der Waals surface area (Å²) in [7, 11) is 0. The second kappa shape index (κ2) is 33.1. The molecule has 24 nitrogen and oxygen atoms in total. The van der Waals surface area contributed by atoms with Gasteiger partial charge in [0.25, 0.3) is 0 Å². The summed E-state index contributed by atoms with van der Waals surface area (Å²) in [4.78, 5) is 80.3. The van der Waals surface area contributed by atoms with E-state index in [-0.39, 0.29) is 87.9 Å². The van der Waals surface area contributed by atoms with E-state index in [1.54, 1.807) is 20.8 Å². The van der Waals surface area contributed by atoms with E-state index in [4.69, 9.17) is 23.8 Å². The molecule has 0 aromatic carbocycles. The zero-order valence-corrected chi connectivity index (χ0v) is 41.3. The molecule has 3 rings (SSSR count). The largest absolute Gasteiger partial charge is 0.492 e.